The van der Waals surface area contributed by atoms with E-state index in [1.54, 1.807) is 0 Å². The van der Waals surface area contributed by atoms with Gasteiger partial charge in [-0.1, -0.05) is 24.3 Å². The van der Waals surface area contributed by atoms with Gasteiger partial charge in [0, 0.05) is 50.0 Å². The van der Waals surface area contributed by atoms with Crippen molar-refractivity contribution >= 4 is 17.3 Å². The Morgan fingerprint density at radius 2 is 1.90 bits per heavy atom. The van der Waals surface area contributed by atoms with Gasteiger partial charge < -0.3 is 20.1 Å². The van der Waals surface area contributed by atoms with Crippen LogP contribution in [-0.4, -0.2) is 61.3 Å². The fourth-order valence-electron chi connectivity index (χ4n) is 4.03. The van der Waals surface area contributed by atoms with Gasteiger partial charge in [-0.2, -0.15) is 0 Å². The van der Waals surface area contributed by atoms with Crippen LogP contribution in [0.3, 0.4) is 0 Å². The highest BCUT2D eigenvalue weighted by Crippen LogP contribution is 2.27. The highest BCUT2D eigenvalue weighted by Gasteiger charge is 2.19. The van der Waals surface area contributed by atoms with Gasteiger partial charge >= 0.3 is 0 Å². The number of benzene rings is 2. The lowest BCUT2D eigenvalue weighted by Gasteiger charge is -2.25. The van der Waals surface area contributed by atoms with E-state index in [1.807, 2.05) is 24.3 Å². The molecular formula is C23H29N3O3. The molecule has 0 aromatic heterocycles. The van der Waals surface area contributed by atoms with Gasteiger partial charge in [0.25, 0.3) is 0 Å². The van der Waals surface area contributed by atoms with E-state index in [9.17, 15) is 9.90 Å². The minimum Gasteiger partial charge on any atom is -0.491 e. The SMILES string of the molecule is O=C1CCc2ccc(OCC(O)CN3CCCN(c4ccccc4)CC3)cc2N1. The number of aliphatic hydroxyl groups excluding tert-OH is 1. The fraction of sp³-hybridized carbons (Fsp3) is 0.435. The summed E-state index contributed by atoms with van der Waals surface area (Å²) in [4.78, 5) is 16.3. The molecule has 2 aliphatic heterocycles. The molecule has 6 heteroatoms. The van der Waals surface area contributed by atoms with Crippen LogP contribution >= 0.6 is 0 Å². The van der Waals surface area contributed by atoms with Gasteiger partial charge in [-0.3, -0.25) is 9.69 Å². The Morgan fingerprint density at radius 3 is 2.76 bits per heavy atom. The van der Waals surface area contributed by atoms with Crippen LogP contribution in [0.2, 0.25) is 0 Å². The van der Waals surface area contributed by atoms with Crippen molar-refractivity contribution in [2.75, 3.05) is 49.5 Å². The zero-order chi connectivity index (χ0) is 20.1. The van der Waals surface area contributed by atoms with Gasteiger partial charge in [-0.15, -0.1) is 0 Å². The van der Waals surface area contributed by atoms with Crippen LogP contribution in [0.1, 0.15) is 18.4 Å². The van der Waals surface area contributed by atoms with E-state index in [0.29, 0.717) is 18.7 Å². The van der Waals surface area contributed by atoms with Crippen molar-refractivity contribution in [1.29, 1.82) is 0 Å². The molecule has 1 amide bonds. The topological polar surface area (TPSA) is 65.0 Å². The Morgan fingerprint density at radius 1 is 1.03 bits per heavy atom. The maximum Gasteiger partial charge on any atom is 0.224 e. The van der Waals surface area contributed by atoms with Crippen LogP contribution < -0.4 is 15.0 Å². The van der Waals surface area contributed by atoms with Crippen LogP contribution in [-0.2, 0) is 11.2 Å². The normalized spacial score (nSPS) is 18.5. The average molecular weight is 396 g/mol. The lowest BCUT2D eigenvalue weighted by atomic mass is 10.0. The number of para-hydroxylation sites is 1. The van der Waals surface area contributed by atoms with Crippen molar-refractivity contribution in [2.45, 2.75) is 25.4 Å². The standard InChI is InChI=1S/C23H29N3O3/c27-20(17-29-21-9-7-18-8-10-23(28)24-22(18)15-21)16-25-11-4-12-26(14-13-25)19-5-2-1-3-6-19/h1-3,5-7,9,15,20,27H,4,8,10-14,16-17H2,(H,24,28). The molecule has 0 bridgehead atoms. The average Bonchev–Trinajstić information content (AvgIpc) is 2.98. The second-order valence-corrected chi connectivity index (χ2v) is 7.81. The number of hydrogen-bond donors (Lipinski definition) is 2. The summed E-state index contributed by atoms with van der Waals surface area (Å²) in [5.74, 6) is 0.719. The van der Waals surface area contributed by atoms with E-state index < -0.39 is 6.10 Å². The largest absolute Gasteiger partial charge is 0.491 e. The third-order valence-corrected chi connectivity index (χ3v) is 5.60. The molecule has 1 fully saturated rings. The summed E-state index contributed by atoms with van der Waals surface area (Å²) in [6.45, 7) is 4.74. The molecule has 1 saturated heterocycles. The Hall–Kier alpha value is -2.57. The van der Waals surface area contributed by atoms with Crippen molar-refractivity contribution in [2.24, 2.45) is 0 Å². The van der Waals surface area contributed by atoms with Crippen molar-refractivity contribution in [1.82, 2.24) is 4.90 Å². The van der Waals surface area contributed by atoms with E-state index in [2.05, 4.69) is 39.4 Å². The summed E-state index contributed by atoms with van der Waals surface area (Å²) in [6.07, 6.45) is 1.82. The van der Waals surface area contributed by atoms with Crippen LogP contribution in [0.4, 0.5) is 11.4 Å². The summed E-state index contributed by atoms with van der Waals surface area (Å²) >= 11 is 0. The van der Waals surface area contributed by atoms with E-state index in [0.717, 1.165) is 50.3 Å². The molecule has 2 N–H and O–H groups in total. The van der Waals surface area contributed by atoms with Crippen LogP contribution in [0.5, 0.6) is 5.75 Å². The zero-order valence-electron chi connectivity index (χ0n) is 16.7. The number of carbonyl (C=O) groups is 1. The number of nitrogens with zero attached hydrogens (tertiary/aromatic N) is 2. The molecular weight excluding hydrogens is 366 g/mol. The van der Waals surface area contributed by atoms with Gasteiger partial charge in [-0.25, -0.2) is 0 Å². The van der Waals surface area contributed by atoms with Crippen LogP contribution in [0.15, 0.2) is 48.5 Å². The van der Waals surface area contributed by atoms with Crippen molar-refractivity contribution in [3.05, 3.63) is 54.1 Å². The van der Waals surface area contributed by atoms with E-state index in [1.165, 1.54) is 5.69 Å². The van der Waals surface area contributed by atoms with E-state index in [-0.39, 0.29) is 12.5 Å². The van der Waals surface area contributed by atoms with Crippen LogP contribution in [0.25, 0.3) is 0 Å². The lowest BCUT2D eigenvalue weighted by Crippen LogP contribution is -2.38. The number of nitrogens with one attached hydrogen (secondary N) is 1. The third kappa shape index (κ3) is 5.28. The quantitative estimate of drug-likeness (QED) is 0.787. The number of amides is 1. The molecule has 2 aliphatic rings. The second kappa shape index (κ2) is 9.29. The van der Waals surface area contributed by atoms with Crippen molar-refractivity contribution in [3.63, 3.8) is 0 Å². The van der Waals surface area contributed by atoms with Gasteiger partial charge in [-0.05, 0) is 43.1 Å². The van der Waals surface area contributed by atoms with Gasteiger partial charge in [0.05, 0.1) is 0 Å². The van der Waals surface area contributed by atoms with Crippen LogP contribution in [0, 0.1) is 0 Å². The zero-order valence-corrected chi connectivity index (χ0v) is 16.7. The molecule has 0 spiro atoms. The predicted octanol–water partition coefficient (Wildman–Crippen LogP) is 2.52. The predicted molar refractivity (Wildman–Crippen MR) is 115 cm³/mol. The molecule has 0 aliphatic carbocycles. The Kier molecular flexibility index (Phi) is 6.32. The van der Waals surface area contributed by atoms with E-state index >= 15 is 0 Å². The molecule has 1 unspecified atom stereocenters. The highest BCUT2D eigenvalue weighted by molar-refractivity contribution is 5.94. The van der Waals surface area contributed by atoms with Gasteiger partial charge in [0.2, 0.25) is 5.91 Å². The number of hydrogen-bond acceptors (Lipinski definition) is 5. The molecule has 0 radical (unpaired) electrons. The molecule has 4 rings (SSSR count). The number of rotatable bonds is 6. The van der Waals surface area contributed by atoms with Crippen molar-refractivity contribution < 1.29 is 14.6 Å². The molecule has 29 heavy (non-hydrogen) atoms. The first-order valence-corrected chi connectivity index (χ1v) is 10.4. The molecule has 6 nitrogen and oxygen atoms in total. The molecule has 2 aromatic carbocycles. The number of aliphatic hydroxyl groups is 1. The number of fused-ring (bicyclic) bond motifs is 1. The number of β-amino-alcohol motifs (C(OH)–C–C–N with tert-alkyl or cyclic N) is 1. The molecule has 154 valence electrons. The number of ether oxygens (including phenoxy) is 1. The Bertz CT molecular complexity index is 827. The van der Waals surface area contributed by atoms with Gasteiger partial charge in [0.15, 0.2) is 0 Å². The Balaban J connectivity index is 1.25. The second-order valence-electron chi connectivity index (χ2n) is 7.81. The van der Waals surface area contributed by atoms with Gasteiger partial charge in [0.1, 0.15) is 18.5 Å². The molecule has 0 saturated carbocycles. The summed E-state index contributed by atoms with van der Waals surface area (Å²) in [5.41, 5.74) is 3.21. The first-order chi connectivity index (χ1) is 14.2. The van der Waals surface area contributed by atoms with Crippen molar-refractivity contribution in [3.8, 4) is 5.75 Å². The molecule has 1 atom stereocenters. The maximum atomic E-state index is 11.6. The van der Waals surface area contributed by atoms with E-state index in [4.69, 9.17) is 4.74 Å². The number of aryl methyl sites for hydroxylation is 1. The smallest absolute Gasteiger partial charge is 0.224 e. The summed E-state index contributed by atoms with van der Waals surface area (Å²) in [6, 6.07) is 16.2. The Labute approximate surface area is 172 Å². The molecule has 2 aromatic rings. The fourth-order valence-corrected chi connectivity index (χ4v) is 4.03. The number of carbonyl (C=O) groups excluding carboxylic acids is 1. The summed E-state index contributed by atoms with van der Waals surface area (Å²) < 4.78 is 5.79. The monoisotopic (exact) mass is 395 g/mol. The number of anilines is 2. The summed E-state index contributed by atoms with van der Waals surface area (Å²) in [5, 5.41) is 13.4. The minimum absolute atomic E-state index is 0.0420. The maximum absolute atomic E-state index is 11.6. The molecule has 2 heterocycles. The third-order valence-electron chi connectivity index (χ3n) is 5.60. The minimum atomic E-state index is -0.552. The first-order valence-electron chi connectivity index (χ1n) is 10.4. The first kappa shape index (κ1) is 19.7. The lowest BCUT2D eigenvalue weighted by molar-refractivity contribution is -0.116. The summed E-state index contributed by atoms with van der Waals surface area (Å²) in [7, 11) is 0. The highest BCUT2D eigenvalue weighted by atomic mass is 16.5.